The van der Waals surface area contributed by atoms with E-state index in [2.05, 4.69) is 0 Å². The van der Waals surface area contributed by atoms with E-state index in [4.69, 9.17) is 19.2 Å². The minimum Gasteiger partial charge on any atom is -1.00 e. The molecule has 0 heterocycles. The molecule has 48 valence electrons. The van der Waals surface area contributed by atoms with Crippen molar-refractivity contribution < 1.29 is 36.4 Å². The van der Waals surface area contributed by atoms with Gasteiger partial charge in [0.15, 0.2) is 0 Å². The third kappa shape index (κ3) is 130. The van der Waals surface area contributed by atoms with Crippen molar-refractivity contribution in [3.8, 4) is 0 Å². The fraction of sp³-hybridized carbons (Fsp3) is 0. The van der Waals surface area contributed by atoms with Crippen LogP contribution < -0.4 is 31.8 Å². The molecule has 0 aromatic carbocycles. The van der Waals surface area contributed by atoms with Crippen LogP contribution in [0.3, 0.4) is 0 Å². The van der Waals surface area contributed by atoms with E-state index in [9.17, 15) is 0 Å². The monoisotopic (exact) mass is 189 g/mol. The Bertz CT molecular complexity index is 62.2. The van der Waals surface area contributed by atoms with Crippen LogP contribution in [0.5, 0.6) is 0 Å². The van der Waals surface area contributed by atoms with Crippen LogP contribution in [0.25, 0.3) is 0 Å². The molecule has 0 rings (SSSR count). The van der Waals surface area contributed by atoms with Crippen molar-refractivity contribution in [2.24, 2.45) is 0 Å². The van der Waals surface area contributed by atoms with Gasteiger partial charge in [-0.2, -0.15) is 7.82 Å². The van der Waals surface area contributed by atoms with E-state index in [-0.39, 0.29) is 54.8 Å². The minimum atomic E-state index is -5.39. The molecule has 0 saturated carbocycles. The molecule has 0 aliphatic heterocycles. The van der Waals surface area contributed by atoms with Crippen molar-refractivity contribution in [1.29, 1.82) is 0 Å². The van der Waals surface area contributed by atoms with Crippen molar-refractivity contribution >= 4 is 45.6 Å². The summed E-state index contributed by atoms with van der Waals surface area (Å²) in [6.45, 7) is 0. The zero-order chi connectivity index (χ0) is 4.50. The summed E-state index contributed by atoms with van der Waals surface area (Å²) in [5.74, 6) is 0. The van der Waals surface area contributed by atoms with Crippen LogP contribution in [0.15, 0.2) is 0 Å². The summed E-state index contributed by atoms with van der Waals surface area (Å²) in [4.78, 5) is 25.6. The average molecular weight is 189 g/mol. The molecule has 0 saturated heterocycles. The molecular formula is CaClFO4P-3. The fourth-order valence-corrected chi connectivity index (χ4v) is 0. The van der Waals surface area contributed by atoms with Crippen LogP contribution in [0.4, 0.5) is 0 Å². The number of hydrogen-bond acceptors (Lipinski definition) is 4. The molecule has 0 fully saturated rings. The second kappa shape index (κ2) is 8.59. The van der Waals surface area contributed by atoms with Crippen molar-refractivity contribution in [3.63, 3.8) is 0 Å². The third-order valence-electron chi connectivity index (χ3n) is 0. The standard InChI is InChI=1S/Ca.ClH.FH.H3O4P/c;;;1-5(2,3)4/h;2*1H;(H3,1,2,3,4)/q+2;;;/p-5. The fourth-order valence-electron chi connectivity index (χ4n) is 0. The van der Waals surface area contributed by atoms with Crippen LogP contribution in [0.2, 0.25) is 0 Å². The van der Waals surface area contributed by atoms with Gasteiger partial charge in [0.2, 0.25) is 0 Å². The molecule has 0 unspecified atom stereocenters. The molecule has 0 aliphatic rings. The summed E-state index contributed by atoms with van der Waals surface area (Å²) in [7, 11) is -5.39. The Hall–Kier alpha value is 1.59. The molecule has 0 radical (unpaired) electrons. The molecule has 0 bridgehead atoms. The number of hydrogen-bond donors (Lipinski definition) is 0. The Balaban J connectivity index is -0.0000000267. The molecule has 8 heavy (non-hydrogen) atoms. The predicted molar refractivity (Wildman–Crippen MR) is 13.4 cm³/mol. The quantitative estimate of drug-likeness (QED) is 0.280. The zero-order valence-corrected chi connectivity index (χ0v) is 7.40. The molecular weight excluding hydrogens is 189 g/mol. The molecule has 0 amide bonds. The molecule has 0 atom stereocenters. The first kappa shape index (κ1) is 22.6. The summed E-state index contributed by atoms with van der Waals surface area (Å²) in [5.41, 5.74) is 0. The van der Waals surface area contributed by atoms with E-state index in [1.54, 1.807) is 0 Å². The third-order valence-corrected chi connectivity index (χ3v) is 0. The summed E-state index contributed by atoms with van der Waals surface area (Å²) in [5, 5.41) is 0. The van der Waals surface area contributed by atoms with E-state index < -0.39 is 7.82 Å². The summed E-state index contributed by atoms with van der Waals surface area (Å²) in [6, 6.07) is 0. The van der Waals surface area contributed by atoms with Crippen molar-refractivity contribution in [2.45, 2.75) is 0 Å². The van der Waals surface area contributed by atoms with Gasteiger partial charge in [0.1, 0.15) is 0 Å². The number of rotatable bonds is 0. The minimum absolute atomic E-state index is 0. The smallest absolute Gasteiger partial charge is 1.00 e. The van der Waals surface area contributed by atoms with E-state index in [1.807, 2.05) is 0 Å². The summed E-state index contributed by atoms with van der Waals surface area (Å²) >= 11 is 0. The summed E-state index contributed by atoms with van der Waals surface area (Å²) < 4.78 is 8.55. The molecule has 4 nitrogen and oxygen atoms in total. The second-order valence-electron chi connectivity index (χ2n) is 0.447. The Kier molecular flexibility index (Phi) is 24.3. The molecule has 0 spiro atoms. The zero-order valence-electron chi connectivity index (χ0n) is 3.54. The molecule has 0 aliphatic carbocycles. The number of halogens is 2. The maximum absolute atomic E-state index is 8.55. The van der Waals surface area contributed by atoms with Crippen molar-refractivity contribution in [2.75, 3.05) is 0 Å². The average Bonchev–Trinajstić information content (AvgIpc) is 0.722. The van der Waals surface area contributed by atoms with Gasteiger partial charge in [-0.25, -0.2) is 0 Å². The second-order valence-corrected chi connectivity index (χ2v) is 1.34. The Morgan fingerprint density at radius 1 is 1.12 bits per heavy atom. The maximum atomic E-state index is 8.55. The SMILES string of the molecule is O=P([O-])([O-])[O-].[Ca+2].[Cl-].[F-]. The van der Waals surface area contributed by atoms with E-state index in [1.165, 1.54) is 0 Å². The van der Waals surface area contributed by atoms with Gasteiger partial charge >= 0.3 is 37.7 Å². The van der Waals surface area contributed by atoms with Crippen molar-refractivity contribution in [3.05, 3.63) is 0 Å². The largest absolute Gasteiger partial charge is 2.00 e. The van der Waals surface area contributed by atoms with Gasteiger partial charge in [-0.05, 0) is 0 Å². The van der Waals surface area contributed by atoms with Gasteiger partial charge < -0.3 is 36.4 Å². The van der Waals surface area contributed by atoms with E-state index in [0.29, 0.717) is 0 Å². The van der Waals surface area contributed by atoms with Crippen LogP contribution in [0.1, 0.15) is 0 Å². The number of phosphoric acid groups is 1. The van der Waals surface area contributed by atoms with Gasteiger partial charge in [0.25, 0.3) is 0 Å². The molecule has 0 aromatic heterocycles. The summed E-state index contributed by atoms with van der Waals surface area (Å²) in [6.07, 6.45) is 0. The first-order valence-corrected chi connectivity index (χ1v) is 2.19. The van der Waals surface area contributed by atoms with Gasteiger partial charge in [0, 0.05) is 0 Å². The molecule has 8 heteroatoms. The van der Waals surface area contributed by atoms with Crippen molar-refractivity contribution in [1.82, 2.24) is 0 Å². The first-order valence-electron chi connectivity index (χ1n) is 0.730. The van der Waals surface area contributed by atoms with Gasteiger partial charge in [-0.15, -0.1) is 0 Å². The normalized spacial score (nSPS) is 7.38. The van der Waals surface area contributed by atoms with Gasteiger partial charge in [-0.3, -0.25) is 0 Å². The van der Waals surface area contributed by atoms with Gasteiger partial charge in [-0.1, -0.05) is 0 Å². The van der Waals surface area contributed by atoms with E-state index >= 15 is 0 Å². The molecule has 0 N–H and O–H groups in total. The van der Waals surface area contributed by atoms with E-state index in [0.717, 1.165) is 0 Å². The Morgan fingerprint density at radius 2 is 1.12 bits per heavy atom. The predicted octanol–water partition coefficient (Wildman–Crippen LogP) is -9.20. The van der Waals surface area contributed by atoms with Gasteiger partial charge in [0.05, 0.1) is 0 Å². The van der Waals surface area contributed by atoms with Crippen LogP contribution >= 0.6 is 7.82 Å². The van der Waals surface area contributed by atoms with Crippen LogP contribution in [-0.2, 0) is 4.57 Å². The topological polar surface area (TPSA) is 86.2 Å². The first-order chi connectivity index (χ1) is 2.00. The van der Waals surface area contributed by atoms with Crippen LogP contribution in [0, 0.1) is 0 Å². The maximum Gasteiger partial charge on any atom is 2.00 e. The Morgan fingerprint density at radius 3 is 1.12 bits per heavy atom. The van der Waals surface area contributed by atoms with Crippen LogP contribution in [-0.4, -0.2) is 37.7 Å². The Labute approximate surface area is 81.3 Å². The molecule has 0 aromatic rings.